The fourth-order valence-electron chi connectivity index (χ4n) is 6.33. The molecule has 0 N–H and O–H groups in total. The molecule has 0 unspecified atom stereocenters. The van der Waals surface area contributed by atoms with E-state index in [-0.39, 0.29) is 40.0 Å². The van der Waals surface area contributed by atoms with Crippen LogP contribution >= 0.6 is 0 Å². The molecule has 200 valence electrons. The van der Waals surface area contributed by atoms with Crippen molar-refractivity contribution in [2.75, 3.05) is 0 Å². The lowest BCUT2D eigenvalue weighted by atomic mass is 9.84. The van der Waals surface area contributed by atoms with Crippen molar-refractivity contribution in [3.8, 4) is 33.4 Å². The maximum atomic E-state index is 9.22. The van der Waals surface area contributed by atoms with Gasteiger partial charge in [0.1, 0.15) is 11.2 Å². The minimum absolute atomic E-state index is 0.00293. The molecule has 1 aromatic heterocycles. The van der Waals surface area contributed by atoms with E-state index in [1.54, 1.807) is 12.1 Å². The summed E-state index contributed by atoms with van der Waals surface area (Å²) in [6.45, 7) is 0. The Hall–Kier alpha value is -5.66. The van der Waals surface area contributed by atoms with Gasteiger partial charge in [-0.25, -0.2) is 0 Å². The molecule has 0 aliphatic carbocycles. The molecule has 0 saturated heterocycles. The van der Waals surface area contributed by atoms with Gasteiger partial charge in [0.25, 0.3) is 0 Å². The van der Waals surface area contributed by atoms with Gasteiger partial charge in [0, 0.05) is 16.3 Å². The van der Waals surface area contributed by atoms with Crippen molar-refractivity contribution in [3.63, 3.8) is 0 Å². The van der Waals surface area contributed by atoms with Gasteiger partial charge in [0.15, 0.2) is 0 Å². The van der Waals surface area contributed by atoms with Crippen molar-refractivity contribution >= 4 is 54.3 Å². The second kappa shape index (κ2) is 9.44. The first-order valence-electron chi connectivity index (χ1n) is 19.8. The second-order valence-electron chi connectivity index (χ2n) is 10.3. The topological polar surface area (TPSA) is 13.1 Å². The van der Waals surface area contributed by atoms with E-state index in [2.05, 4.69) is 0 Å². The molecule has 0 amide bonds. The predicted octanol–water partition coefficient (Wildman–Crippen LogP) is 12.0. The zero-order chi connectivity index (χ0) is 38.8. The number of para-hydroxylation sites is 1. The van der Waals surface area contributed by atoms with Crippen molar-refractivity contribution in [1.82, 2.24) is 0 Å². The molecular formula is C42H26O. The number of hydrogen-bond acceptors (Lipinski definition) is 1. The van der Waals surface area contributed by atoms with Crippen LogP contribution in [0, 0.1) is 0 Å². The number of rotatable bonds is 3. The standard InChI is InChI=1S/C42H26O/c1-2-13-28(14-3-1)30-22-11-25-37-41-36(24-12-26-38(41)43-42(30)37)40-34-20-8-6-18-32(34)39(33-19-7-9-21-35(33)40)31-23-10-16-27-15-4-5-17-29(27)31/h1-26H/i1D,2D,3D,4D,5D,10D,13D,14D,15D,16D,17D,23D. The van der Waals surface area contributed by atoms with Crippen LogP contribution in [0.1, 0.15) is 16.4 Å². The van der Waals surface area contributed by atoms with Gasteiger partial charge in [-0.15, -0.1) is 0 Å². The van der Waals surface area contributed by atoms with Crippen molar-refractivity contribution in [3.05, 3.63) is 157 Å². The molecule has 43 heavy (non-hydrogen) atoms. The Morgan fingerprint density at radius 1 is 0.419 bits per heavy atom. The van der Waals surface area contributed by atoms with E-state index in [0.29, 0.717) is 38.5 Å². The van der Waals surface area contributed by atoms with Gasteiger partial charge in [-0.3, -0.25) is 0 Å². The summed E-state index contributed by atoms with van der Waals surface area (Å²) >= 11 is 0. The minimum atomic E-state index is -0.519. The average molecular weight is 559 g/mol. The first kappa shape index (κ1) is 15.0. The third-order valence-electron chi connectivity index (χ3n) is 8.06. The van der Waals surface area contributed by atoms with Crippen molar-refractivity contribution in [2.45, 2.75) is 0 Å². The summed E-state index contributed by atoms with van der Waals surface area (Å²) in [5.41, 5.74) is 3.45. The molecule has 1 nitrogen and oxygen atoms in total. The summed E-state index contributed by atoms with van der Waals surface area (Å²) in [7, 11) is 0. The van der Waals surface area contributed by atoms with E-state index < -0.39 is 54.4 Å². The molecule has 1 heteroatoms. The highest BCUT2D eigenvalue weighted by atomic mass is 16.3. The van der Waals surface area contributed by atoms with E-state index in [1.165, 1.54) is 0 Å². The van der Waals surface area contributed by atoms with Gasteiger partial charge < -0.3 is 4.42 Å². The molecule has 9 aromatic rings. The van der Waals surface area contributed by atoms with Gasteiger partial charge in [-0.1, -0.05) is 151 Å². The monoisotopic (exact) mass is 558 g/mol. The van der Waals surface area contributed by atoms with Crippen molar-refractivity contribution < 1.29 is 20.9 Å². The molecule has 0 radical (unpaired) electrons. The van der Waals surface area contributed by atoms with Crippen LogP contribution in [0.2, 0.25) is 0 Å². The number of fused-ring (bicyclic) bond motifs is 6. The van der Waals surface area contributed by atoms with Crippen LogP contribution in [0.15, 0.2) is 162 Å². The summed E-state index contributed by atoms with van der Waals surface area (Å²) in [6, 6.07) is 20.9. The maximum Gasteiger partial charge on any atom is 0.143 e. The molecule has 0 bridgehead atoms. The maximum absolute atomic E-state index is 9.22. The Labute approximate surface area is 266 Å². The summed E-state index contributed by atoms with van der Waals surface area (Å²) in [5.74, 6) is 0. The summed E-state index contributed by atoms with van der Waals surface area (Å²) < 4.78 is 110. The van der Waals surface area contributed by atoms with Gasteiger partial charge in [0.2, 0.25) is 0 Å². The summed E-state index contributed by atoms with van der Waals surface area (Å²) in [4.78, 5) is 0. The molecule has 1 heterocycles. The lowest BCUT2D eigenvalue weighted by Gasteiger charge is -2.19. The smallest absolute Gasteiger partial charge is 0.143 e. The zero-order valence-electron chi connectivity index (χ0n) is 34.5. The summed E-state index contributed by atoms with van der Waals surface area (Å²) in [5, 5.41) is 4.06. The Morgan fingerprint density at radius 3 is 1.74 bits per heavy atom. The SMILES string of the molecule is [2H]c1c([2H])c([2H])c(-c2cccc3c2oc2cccc(-c4c5ccccc5c(-c5c([2H])c([2H])c([2H])c6c([2H])c([2H])c([2H])c([2H])c56)c5ccccc45)c23)c([2H])c1[2H]. The molecule has 0 spiro atoms. The molecule has 8 aromatic carbocycles. The van der Waals surface area contributed by atoms with Crippen LogP contribution in [-0.2, 0) is 0 Å². The van der Waals surface area contributed by atoms with Gasteiger partial charge in [-0.05, 0) is 66.2 Å². The van der Waals surface area contributed by atoms with E-state index in [9.17, 15) is 1.37 Å². The Kier molecular flexibility index (Phi) is 3.29. The third-order valence-corrected chi connectivity index (χ3v) is 8.06. The highest BCUT2D eigenvalue weighted by molar-refractivity contribution is 6.27. The van der Waals surface area contributed by atoms with Crippen LogP contribution in [0.25, 0.3) is 87.6 Å². The van der Waals surface area contributed by atoms with E-state index in [0.717, 1.165) is 27.3 Å². The number of furan rings is 1. The Bertz CT molecular complexity index is 3090. The molecule has 0 aliphatic rings. The molecule has 0 saturated carbocycles. The highest BCUT2D eigenvalue weighted by Gasteiger charge is 2.21. The fraction of sp³-hybridized carbons (Fsp3) is 0. The fourth-order valence-corrected chi connectivity index (χ4v) is 6.33. The quantitative estimate of drug-likeness (QED) is 0.197. The van der Waals surface area contributed by atoms with Gasteiger partial charge in [0.05, 0.1) is 16.4 Å². The first-order chi connectivity index (χ1) is 26.3. The van der Waals surface area contributed by atoms with Gasteiger partial charge in [-0.2, -0.15) is 0 Å². The predicted molar refractivity (Wildman–Crippen MR) is 183 cm³/mol. The lowest BCUT2D eigenvalue weighted by molar-refractivity contribution is 0.670. The van der Waals surface area contributed by atoms with Crippen molar-refractivity contribution in [1.29, 1.82) is 0 Å². The normalized spacial score (nSPS) is 15.6. The minimum Gasteiger partial charge on any atom is -0.455 e. The second-order valence-corrected chi connectivity index (χ2v) is 10.3. The number of hydrogen-bond donors (Lipinski definition) is 0. The lowest BCUT2D eigenvalue weighted by Crippen LogP contribution is -1.92. The molecule has 0 fully saturated rings. The van der Waals surface area contributed by atoms with Crippen LogP contribution in [0.4, 0.5) is 0 Å². The van der Waals surface area contributed by atoms with Crippen LogP contribution in [0.3, 0.4) is 0 Å². The van der Waals surface area contributed by atoms with Gasteiger partial charge >= 0.3 is 0 Å². The highest BCUT2D eigenvalue weighted by Crippen LogP contribution is 2.48. The van der Waals surface area contributed by atoms with Crippen molar-refractivity contribution in [2.24, 2.45) is 0 Å². The first-order valence-corrected chi connectivity index (χ1v) is 13.8. The Morgan fingerprint density at radius 2 is 1.00 bits per heavy atom. The number of benzene rings is 8. The average Bonchev–Trinajstić information content (AvgIpc) is 3.59. The Balaban J connectivity index is 1.43. The zero-order valence-corrected chi connectivity index (χ0v) is 22.5. The van der Waals surface area contributed by atoms with E-state index in [4.69, 9.17) is 19.5 Å². The molecule has 9 rings (SSSR count). The van der Waals surface area contributed by atoms with E-state index >= 15 is 0 Å². The summed E-state index contributed by atoms with van der Waals surface area (Å²) in [6.07, 6.45) is 0. The van der Waals surface area contributed by atoms with E-state index in [1.807, 2.05) is 72.8 Å². The van der Waals surface area contributed by atoms with Crippen LogP contribution < -0.4 is 0 Å². The molecular weight excluding hydrogens is 520 g/mol. The molecule has 0 atom stereocenters. The third kappa shape index (κ3) is 3.58. The molecule has 0 aliphatic heterocycles. The van der Waals surface area contributed by atoms with Crippen LogP contribution in [0.5, 0.6) is 0 Å². The largest absolute Gasteiger partial charge is 0.455 e. The van der Waals surface area contributed by atoms with Crippen LogP contribution in [-0.4, -0.2) is 0 Å².